The van der Waals surface area contributed by atoms with Gasteiger partial charge >= 0.3 is 0 Å². The van der Waals surface area contributed by atoms with Gasteiger partial charge in [0.05, 0.1) is 23.7 Å². The molecule has 1 aromatic heterocycles. The number of rotatable bonds is 7. The number of hydrogen-bond donors (Lipinski definition) is 3. The van der Waals surface area contributed by atoms with Crippen LogP contribution in [0.15, 0.2) is 23.4 Å². The molecule has 0 spiro atoms. The molecule has 0 saturated heterocycles. The van der Waals surface area contributed by atoms with E-state index in [0.29, 0.717) is 6.42 Å². The second kappa shape index (κ2) is 6.36. The Morgan fingerprint density at radius 3 is 2.95 bits per heavy atom. The van der Waals surface area contributed by atoms with Crippen molar-refractivity contribution < 1.29 is 9.53 Å². The number of hydrogen-bond acceptors (Lipinski definition) is 5. The molecular formula is C14H20N4O2S. The Balaban J connectivity index is 1.90. The van der Waals surface area contributed by atoms with Gasteiger partial charge in [-0.15, -0.1) is 0 Å². The first kappa shape index (κ1) is 15.7. The predicted molar refractivity (Wildman–Crippen MR) is 84.4 cm³/mol. The summed E-state index contributed by atoms with van der Waals surface area (Å²) >= 11 is 1.60. The summed E-state index contributed by atoms with van der Waals surface area (Å²) in [5.74, 6) is 1.14. The van der Waals surface area contributed by atoms with Crippen molar-refractivity contribution in [1.29, 1.82) is 0 Å². The molecule has 0 fully saturated rings. The summed E-state index contributed by atoms with van der Waals surface area (Å²) < 4.78 is 5.18. The molecule has 21 heavy (non-hydrogen) atoms. The van der Waals surface area contributed by atoms with E-state index in [9.17, 15) is 4.79 Å². The summed E-state index contributed by atoms with van der Waals surface area (Å²) in [6.45, 7) is 1.66. The van der Waals surface area contributed by atoms with Crippen molar-refractivity contribution in [3.8, 4) is 5.75 Å². The number of nitrogens with zero attached hydrogens (tertiary/aromatic N) is 1. The first-order valence-corrected chi connectivity index (χ1v) is 7.66. The third-order valence-electron chi connectivity index (χ3n) is 3.31. The molecule has 1 amide bonds. The number of primary amides is 1. The number of benzene rings is 1. The van der Waals surface area contributed by atoms with Crippen LogP contribution in [0, 0.1) is 0 Å². The van der Waals surface area contributed by atoms with Crippen molar-refractivity contribution >= 4 is 28.7 Å². The number of H-pyrrole nitrogens is 1. The minimum absolute atomic E-state index is 0.469. The number of aromatic nitrogens is 2. The number of amides is 1. The maximum Gasteiger partial charge on any atom is 0.237 e. The van der Waals surface area contributed by atoms with E-state index in [-0.39, 0.29) is 0 Å². The van der Waals surface area contributed by atoms with Gasteiger partial charge in [-0.1, -0.05) is 11.8 Å². The number of ether oxygens (including phenoxy) is 1. The molecule has 1 heterocycles. The van der Waals surface area contributed by atoms with E-state index in [1.165, 1.54) is 0 Å². The standard InChI is InChI=1S/C14H20N4O2S/c1-14(16,12(15)19)6-3-7-21-13-17-10-5-4-9(20-2)8-11(10)18-13/h4-5,8H,3,6-7,16H2,1-2H3,(H2,15,19)(H,17,18). The summed E-state index contributed by atoms with van der Waals surface area (Å²) in [5.41, 5.74) is 12.0. The molecule has 114 valence electrons. The van der Waals surface area contributed by atoms with Crippen LogP contribution in [0.2, 0.25) is 0 Å². The molecule has 1 atom stereocenters. The van der Waals surface area contributed by atoms with Crippen molar-refractivity contribution in [2.45, 2.75) is 30.5 Å². The molecular weight excluding hydrogens is 288 g/mol. The third-order valence-corrected chi connectivity index (χ3v) is 4.27. The van der Waals surface area contributed by atoms with E-state index < -0.39 is 11.4 Å². The highest BCUT2D eigenvalue weighted by molar-refractivity contribution is 7.99. The lowest BCUT2D eigenvalue weighted by atomic mass is 9.97. The number of thioether (sulfide) groups is 1. The first-order valence-electron chi connectivity index (χ1n) is 6.68. The van der Waals surface area contributed by atoms with Crippen LogP contribution < -0.4 is 16.2 Å². The van der Waals surface area contributed by atoms with Gasteiger partial charge in [0.15, 0.2) is 5.16 Å². The van der Waals surface area contributed by atoms with E-state index >= 15 is 0 Å². The van der Waals surface area contributed by atoms with E-state index in [4.69, 9.17) is 16.2 Å². The van der Waals surface area contributed by atoms with Gasteiger partial charge < -0.3 is 21.2 Å². The van der Waals surface area contributed by atoms with Crippen LogP contribution in [0.1, 0.15) is 19.8 Å². The highest BCUT2D eigenvalue weighted by Crippen LogP contribution is 2.24. The second-order valence-corrected chi connectivity index (χ2v) is 6.24. The summed E-state index contributed by atoms with van der Waals surface area (Å²) in [7, 11) is 1.63. The number of carbonyl (C=O) groups excluding carboxylic acids is 1. The molecule has 5 N–H and O–H groups in total. The number of methoxy groups -OCH3 is 1. The van der Waals surface area contributed by atoms with E-state index in [2.05, 4.69) is 9.97 Å². The van der Waals surface area contributed by atoms with E-state index in [0.717, 1.165) is 34.1 Å². The van der Waals surface area contributed by atoms with E-state index in [1.54, 1.807) is 25.8 Å². The Labute approximate surface area is 127 Å². The largest absolute Gasteiger partial charge is 0.497 e. The molecule has 0 saturated carbocycles. The van der Waals surface area contributed by atoms with E-state index in [1.807, 2.05) is 18.2 Å². The first-order chi connectivity index (χ1) is 9.92. The highest BCUT2D eigenvalue weighted by Gasteiger charge is 2.24. The Hall–Kier alpha value is -1.73. The maximum absolute atomic E-state index is 11.1. The SMILES string of the molecule is COc1ccc2nc(SCCCC(C)(N)C(N)=O)[nH]c2c1. The number of imidazole rings is 1. The fourth-order valence-electron chi connectivity index (χ4n) is 1.89. The lowest BCUT2D eigenvalue weighted by molar-refractivity contribution is -0.122. The monoisotopic (exact) mass is 308 g/mol. The molecule has 0 radical (unpaired) electrons. The van der Waals surface area contributed by atoms with Crippen molar-refractivity contribution in [3.63, 3.8) is 0 Å². The van der Waals surface area contributed by atoms with Crippen LogP contribution in [0.25, 0.3) is 11.0 Å². The summed E-state index contributed by atoms with van der Waals surface area (Å²) in [6, 6.07) is 5.71. The van der Waals surface area contributed by atoms with Gasteiger partial charge in [-0.05, 0) is 31.9 Å². The average molecular weight is 308 g/mol. The van der Waals surface area contributed by atoms with Gasteiger partial charge in [0.2, 0.25) is 5.91 Å². The zero-order valence-electron chi connectivity index (χ0n) is 12.2. The van der Waals surface area contributed by atoms with Crippen molar-refractivity contribution in [2.24, 2.45) is 11.5 Å². The number of carbonyl (C=O) groups is 1. The van der Waals surface area contributed by atoms with Gasteiger partial charge in [-0.25, -0.2) is 4.98 Å². The van der Waals surface area contributed by atoms with Crippen molar-refractivity contribution in [1.82, 2.24) is 9.97 Å². The number of fused-ring (bicyclic) bond motifs is 1. The Bertz CT molecular complexity index is 639. The number of nitrogens with two attached hydrogens (primary N) is 2. The maximum atomic E-state index is 11.1. The Morgan fingerprint density at radius 2 is 2.29 bits per heavy atom. The topological polar surface area (TPSA) is 107 Å². The van der Waals surface area contributed by atoms with Gasteiger partial charge in [-0.3, -0.25) is 4.79 Å². The van der Waals surface area contributed by atoms with Crippen LogP contribution >= 0.6 is 11.8 Å². The molecule has 1 unspecified atom stereocenters. The predicted octanol–water partition coefficient (Wildman–Crippen LogP) is 1.65. The number of nitrogens with one attached hydrogen (secondary N) is 1. The molecule has 0 bridgehead atoms. The fourth-order valence-corrected chi connectivity index (χ4v) is 2.72. The average Bonchev–Trinajstić information content (AvgIpc) is 2.85. The van der Waals surface area contributed by atoms with Crippen molar-refractivity contribution in [2.75, 3.05) is 12.9 Å². The molecule has 1 aromatic carbocycles. The molecule has 6 nitrogen and oxygen atoms in total. The smallest absolute Gasteiger partial charge is 0.237 e. The summed E-state index contributed by atoms with van der Waals surface area (Å²) in [4.78, 5) is 18.8. The minimum Gasteiger partial charge on any atom is -0.497 e. The van der Waals surface area contributed by atoms with Gasteiger partial charge in [0.1, 0.15) is 5.75 Å². The summed E-state index contributed by atoms with van der Waals surface area (Å²) in [6.07, 6.45) is 1.35. The molecule has 7 heteroatoms. The zero-order valence-corrected chi connectivity index (χ0v) is 13.0. The minimum atomic E-state index is -0.943. The normalized spacial score (nSPS) is 14.0. The van der Waals surface area contributed by atoms with Crippen molar-refractivity contribution in [3.05, 3.63) is 18.2 Å². The lowest BCUT2D eigenvalue weighted by Crippen LogP contribution is -2.49. The van der Waals surface area contributed by atoms with Crippen LogP contribution in [0.3, 0.4) is 0 Å². The van der Waals surface area contributed by atoms with Crippen LogP contribution in [0.5, 0.6) is 5.75 Å². The third kappa shape index (κ3) is 3.89. The Morgan fingerprint density at radius 1 is 1.52 bits per heavy atom. The van der Waals surface area contributed by atoms with Crippen LogP contribution in [-0.2, 0) is 4.79 Å². The molecule has 2 aromatic rings. The highest BCUT2D eigenvalue weighted by atomic mass is 32.2. The number of aromatic amines is 1. The molecule has 0 aliphatic rings. The van der Waals surface area contributed by atoms with Crippen LogP contribution in [-0.4, -0.2) is 34.3 Å². The quantitative estimate of drug-likeness (QED) is 0.532. The summed E-state index contributed by atoms with van der Waals surface area (Å²) in [5, 5.41) is 0.844. The molecule has 0 aliphatic heterocycles. The van der Waals surface area contributed by atoms with Gasteiger partial charge in [0, 0.05) is 11.8 Å². The zero-order chi connectivity index (χ0) is 15.5. The van der Waals surface area contributed by atoms with Crippen LogP contribution in [0.4, 0.5) is 0 Å². The second-order valence-electron chi connectivity index (χ2n) is 5.16. The fraction of sp³-hybridized carbons (Fsp3) is 0.429. The lowest BCUT2D eigenvalue weighted by Gasteiger charge is -2.19. The molecule has 0 aliphatic carbocycles. The van der Waals surface area contributed by atoms with Gasteiger partial charge in [-0.2, -0.15) is 0 Å². The molecule has 2 rings (SSSR count). The van der Waals surface area contributed by atoms with Gasteiger partial charge in [0.25, 0.3) is 0 Å². The Kier molecular flexibility index (Phi) is 4.74.